The standard InChI is InChI=1S/C27H39IO9/c1-16(29)36-15-25-9-4-18(37-17(2)30)12-26(25,33)10-6-20-19(25)5-8-24(3)21(7-11-27(20,24)34)22(31)14-35-23(32)13-28/h18-21,33-34H,4-15H2,1-3H3/t18-,19-,20+,21-,24+,25-,26-,27-/m0/s1. The van der Waals surface area contributed by atoms with E-state index in [1.807, 2.05) is 29.5 Å². The largest absolute Gasteiger partial charge is 0.465 e. The molecule has 4 aliphatic rings. The molecule has 4 fully saturated rings. The average Bonchev–Trinajstić information content (AvgIpc) is 3.11. The van der Waals surface area contributed by atoms with E-state index < -0.39 is 46.0 Å². The first-order chi connectivity index (χ1) is 17.3. The van der Waals surface area contributed by atoms with Crippen molar-refractivity contribution in [3.63, 3.8) is 0 Å². The molecule has 0 amide bonds. The topological polar surface area (TPSA) is 136 Å². The minimum Gasteiger partial charge on any atom is -0.465 e. The molecule has 2 N–H and O–H groups in total. The number of ether oxygens (including phenoxy) is 3. The molecule has 9 nitrogen and oxygen atoms in total. The molecule has 0 aromatic carbocycles. The molecule has 208 valence electrons. The Bertz CT molecular complexity index is 954. The number of carbonyl (C=O) groups excluding carboxylic acids is 4. The number of Topliss-reactive ketones (excluding diaryl/α,β-unsaturated/α-hetero) is 1. The number of hydrogen-bond donors (Lipinski definition) is 2. The third-order valence-corrected chi connectivity index (χ3v) is 11.0. The van der Waals surface area contributed by atoms with Gasteiger partial charge in [-0.05, 0) is 63.2 Å². The summed E-state index contributed by atoms with van der Waals surface area (Å²) in [5.41, 5.74) is -3.77. The van der Waals surface area contributed by atoms with Crippen molar-refractivity contribution in [2.24, 2.45) is 28.6 Å². The summed E-state index contributed by atoms with van der Waals surface area (Å²) in [4.78, 5) is 48.3. The van der Waals surface area contributed by atoms with E-state index in [2.05, 4.69) is 0 Å². The van der Waals surface area contributed by atoms with E-state index >= 15 is 0 Å². The van der Waals surface area contributed by atoms with Gasteiger partial charge in [-0.3, -0.25) is 19.2 Å². The van der Waals surface area contributed by atoms with Crippen molar-refractivity contribution in [1.82, 2.24) is 0 Å². The summed E-state index contributed by atoms with van der Waals surface area (Å²) in [7, 11) is 0. The lowest BCUT2D eigenvalue weighted by atomic mass is 9.41. The molecule has 0 aromatic heterocycles. The molecule has 8 atom stereocenters. The molecule has 4 saturated carbocycles. The van der Waals surface area contributed by atoms with Gasteiger partial charge in [0.25, 0.3) is 0 Å². The van der Waals surface area contributed by atoms with Gasteiger partial charge in [0.15, 0.2) is 5.78 Å². The Balaban J connectivity index is 1.63. The lowest BCUT2D eigenvalue weighted by Crippen LogP contribution is -2.69. The molecule has 0 radical (unpaired) electrons. The maximum Gasteiger partial charge on any atom is 0.316 e. The van der Waals surface area contributed by atoms with Gasteiger partial charge in [-0.2, -0.15) is 0 Å². The average molecular weight is 635 g/mol. The van der Waals surface area contributed by atoms with E-state index in [-0.39, 0.29) is 47.7 Å². The molecule has 0 bridgehead atoms. The van der Waals surface area contributed by atoms with Gasteiger partial charge < -0.3 is 24.4 Å². The van der Waals surface area contributed by atoms with Crippen molar-refractivity contribution in [3.8, 4) is 0 Å². The molecule has 37 heavy (non-hydrogen) atoms. The number of esters is 3. The summed E-state index contributed by atoms with van der Waals surface area (Å²) >= 11 is 1.90. The maximum atomic E-state index is 13.1. The fraction of sp³-hybridized carbons (Fsp3) is 0.852. The number of halogens is 1. The first-order valence-electron chi connectivity index (χ1n) is 13.3. The normalized spacial score (nSPS) is 42.5. The number of rotatable bonds is 7. The minimum absolute atomic E-state index is 0.0498. The Labute approximate surface area is 231 Å². The smallest absolute Gasteiger partial charge is 0.316 e. The van der Waals surface area contributed by atoms with Gasteiger partial charge in [0.05, 0.1) is 22.2 Å². The van der Waals surface area contributed by atoms with Crippen LogP contribution in [0.2, 0.25) is 0 Å². The molecule has 4 aliphatic carbocycles. The molecule has 4 rings (SSSR count). The maximum absolute atomic E-state index is 13.1. The summed E-state index contributed by atoms with van der Waals surface area (Å²) in [5.74, 6) is -2.10. The highest BCUT2D eigenvalue weighted by Gasteiger charge is 2.72. The van der Waals surface area contributed by atoms with E-state index in [1.54, 1.807) is 0 Å². The Morgan fingerprint density at radius 1 is 0.892 bits per heavy atom. The Morgan fingerprint density at radius 3 is 2.24 bits per heavy atom. The van der Waals surface area contributed by atoms with E-state index in [0.29, 0.717) is 51.4 Å². The van der Waals surface area contributed by atoms with Crippen molar-refractivity contribution in [2.75, 3.05) is 17.6 Å². The second-order valence-corrected chi connectivity index (χ2v) is 12.7. The fourth-order valence-electron chi connectivity index (χ4n) is 8.66. The number of hydrogen-bond acceptors (Lipinski definition) is 9. The lowest BCUT2D eigenvalue weighted by molar-refractivity contribution is -0.272. The predicted octanol–water partition coefficient (Wildman–Crippen LogP) is 2.90. The van der Waals surface area contributed by atoms with Crippen molar-refractivity contribution in [2.45, 2.75) is 95.9 Å². The second kappa shape index (κ2) is 10.4. The van der Waals surface area contributed by atoms with Crippen molar-refractivity contribution >= 4 is 46.3 Å². The Kier molecular flexibility index (Phi) is 8.05. The first kappa shape index (κ1) is 28.7. The molecular weight excluding hydrogens is 595 g/mol. The van der Waals surface area contributed by atoms with Gasteiger partial charge in [0, 0.05) is 37.0 Å². The second-order valence-electron chi connectivity index (χ2n) is 11.9. The molecule has 0 heterocycles. The highest BCUT2D eigenvalue weighted by atomic mass is 127. The number of carbonyl (C=O) groups is 4. The monoisotopic (exact) mass is 634 g/mol. The van der Waals surface area contributed by atoms with E-state index in [9.17, 15) is 29.4 Å². The van der Waals surface area contributed by atoms with Crippen LogP contribution in [0.4, 0.5) is 0 Å². The molecule has 0 aliphatic heterocycles. The van der Waals surface area contributed by atoms with Crippen LogP contribution in [0, 0.1) is 28.6 Å². The zero-order chi connectivity index (χ0) is 27.2. The first-order valence-corrected chi connectivity index (χ1v) is 14.8. The summed E-state index contributed by atoms with van der Waals surface area (Å²) in [6.07, 6.45) is 4.10. The minimum atomic E-state index is -1.20. The van der Waals surface area contributed by atoms with Crippen molar-refractivity contribution < 1.29 is 43.6 Å². The van der Waals surface area contributed by atoms with Crippen LogP contribution in [-0.4, -0.2) is 68.9 Å². The van der Waals surface area contributed by atoms with Crippen LogP contribution in [0.15, 0.2) is 0 Å². The van der Waals surface area contributed by atoms with Crippen LogP contribution in [0.25, 0.3) is 0 Å². The van der Waals surface area contributed by atoms with Crippen LogP contribution < -0.4 is 0 Å². The fourth-order valence-corrected chi connectivity index (χ4v) is 8.88. The summed E-state index contributed by atoms with van der Waals surface area (Å²) in [6, 6.07) is 0. The van der Waals surface area contributed by atoms with Crippen LogP contribution in [0.5, 0.6) is 0 Å². The Morgan fingerprint density at radius 2 is 1.59 bits per heavy atom. The highest BCUT2D eigenvalue weighted by molar-refractivity contribution is 14.1. The number of fused-ring (bicyclic) bond motifs is 5. The van der Waals surface area contributed by atoms with Gasteiger partial charge in [0.1, 0.15) is 12.7 Å². The zero-order valence-electron chi connectivity index (χ0n) is 21.9. The van der Waals surface area contributed by atoms with E-state index in [1.165, 1.54) is 13.8 Å². The molecule has 0 unspecified atom stereocenters. The SMILES string of the molecule is CC(=O)OC[C@]12CC[C@H](OC(C)=O)C[C@@]1(O)CC[C@@H]1[C@@H]2CC[C@]2(C)[C@H](C(=O)COC(=O)CI)CC[C@]12O. The van der Waals surface area contributed by atoms with E-state index in [0.717, 1.165) is 0 Å². The molecular formula is C27H39IO9. The Hall–Kier alpha value is -1.27. The molecule has 0 aromatic rings. The van der Waals surface area contributed by atoms with Gasteiger partial charge in [0.2, 0.25) is 0 Å². The molecule has 0 spiro atoms. The zero-order valence-corrected chi connectivity index (χ0v) is 24.1. The highest BCUT2D eigenvalue weighted by Crippen LogP contribution is 2.70. The van der Waals surface area contributed by atoms with Crippen LogP contribution in [0.1, 0.15) is 78.6 Å². The molecule has 0 saturated heterocycles. The van der Waals surface area contributed by atoms with Crippen LogP contribution >= 0.6 is 22.6 Å². The molecule has 10 heteroatoms. The van der Waals surface area contributed by atoms with Crippen LogP contribution in [0.3, 0.4) is 0 Å². The van der Waals surface area contributed by atoms with Crippen molar-refractivity contribution in [3.05, 3.63) is 0 Å². The van der Waals surface area contributed by atoms with Gasteiger partial charge in [-0.15, -0.1) is 0 Å². The van der Waals surface area contributed by atoms with Gasteiger partial charge >= 0.3 is 17.9 Å². The summed E-state index contributed by atoms with van der Waals surface area (Å²) in [5, 5.41) is 24.4. The lowest BCUT2D eigenvalue weighted by Gasteiger charge is -2.66. The third-order valence-electron chi connectivity index (χ3n) is 10.4. The van der Waals surface area contributed by atoms with Gasteiger partial charge in [-0.1, -0.05) is 29.5 Å². The number of ketones is 1. The van der Waals surface area contributed by atoms with Gasteiger partial charge in [-0.25, -0.2) is 0 Å². The summed E-state index contributed by atoms with van der Waals surface area (Å²) < 4.78 is 16.3. The third kappa shape index (κ3) is 4.73. The van der Waals surface area contributed by atoms with Crippen molar-refractivity contribution in [1.29, 1.82) is 0 Å². The predicted molar refractivity (Wildman–Crippen MR) is 140 cm³/mol. The van der Waals surface area contributed by atoms with Crippen LogP contribution in [-0.2, 0) is 33.4 Å². The number of aliphatic hydroxyl groups is 2. The number of alkyl halides is 1. The summed E-state index contributed by atoms with van der Waals surface area (Å²) in [6.45, 7) is 4.47. The van der Waals surface area contributed by atoms with E-state index in [4.69, 9.17) is 14.2 Å². The quantitative estimate of drug-likeness (QED) is 0.188.